The predicted octanol–water partition coefficient (Wildman–Crippen LogP) is 1.88. The third-order valence-electron chi connectivity index (χ3n) is 4.16. The van der Waals surface area contributed by atoms with E-state index in [0.29, 0.717) is 19.4 Å². The Balaban J connectivity index is 2.30. The second-order valence-corrected chi connectivity index (χ2v) is 5.77. The molecule has 21 heavy (non-hydrogen) atoms. The van der Waals surface area contributed by atoms with Gasteiger partial charge in [-0.2, -0.15) is 0 Å². The van der Waals surface area contributed by atoms with Crippen LogP contribution < -0.4 is 5.32 Å². The van der Waals surface area contributed by atoms with E-state index in [1.54, 1.807) is 24.2 Å². The van der Waals surface area contributed by atoms with Crippen LogP contribution in [0.15, 0.2) is 24.5 Å². The molecular formula is C16H23N3O2. The summed E-state index contributed by atoms with van der Waals surface area (Å²) in [5, 5.41) is 2.90. The lowest BCUT2D eigenvalue weighted by atomic mass is 9.90. The van der Waals surface area contributed by atoms with Crippen LogP contribution in [-0.2, 0) is 16.1 Å². The summed E-state index contributed by atoms with van der Waals surface area (Å²) in [5.41, 5.74) is 0.142. The zero-order valence-electron chi connectivity index (χ0n) is 12.9. The number of rotatable bonds is 5. The van der Waals surface area contributed by atoms with Crippen LogP contribution >= 0.6 is 0 Å². The number of nitrogens with one attached hydrogen (secondary N) is 1. The molecule has 2 amide bonds. The van der Waals surface area contributed by atoms with Crippen molar-refractivity contribution >= 4 is 11.8 Å². The van der Waals surface area contributed by atoms with Gasteiger partial charge in [0.25, 0.3) is 0 Å². The van der Waals surface area contributed by atoms with Crippen LogP contribution in [0, 0.1) is 0 Å². The van der Waals surface area contributed by atoms with Crippen molar-refractivity contribution in [1.82, 2.24) is 15.2 Å². The summed E-state index contributed by atoms with van der Waals surface area (Å²) in [4.78, 5) is 31.0. The van der Waals surface area contributed by atoms with Gasteiger partial charge in [-0.15, -0.1) is 0 Å². The number of piperazine rings is 1. The topological polar surface area (TPSA) is 62.3 Å². The number of amides is 2. The first kappa shape index (κ1) is 15.5. The zero-order valence-corrected chi connectivity index (χ0v) is 12.9. The smallest absolute Gasteiger partial charge is 0.249 e. The second-order valence-electron chi connectivity index (χ2n) is 5.77. The first-order valence-electron chi connectivity index (χ1n) is 7.53. The average Bonchev–Trinajstić information content (AvgIpc) is 2.49. The molecule has 1 aromatic heterocycles. The Morgan fingerprint density at radius 1 is 1.38 bits per heavy atom. The maximum Gasteiger partial charge on any atom is 0.249 e. The van der Waals surface area contributed by atoms with Crippen LogP contribution in [0.3, 0.4) is 0 Å². The molecule has 2 unspecified atom stereocenters. The fourth-order valence-corrected chi connectivity index (χ4v) is 2.68. The van der Waals surface area contributed by atoms with Crippen molar-refractivity contribution in [3.8, 4) is 0 Å². The number of carbonyl (C=O) groups excluding carboxylic acids is 2. The number of hydrogen-bond donors (Lipinski definition) is 1. The molecule has 114 valence electrons. The van der Waals surface area contributed by atoms with E-state index in [2.05, 4.69) is 10.3 Å². The number of pyridine rings is 1. The van der Waals surface area contributed by atoms with E-state index in [-0.39, 0.29) is 17.9 Å². The molecule has 5 nitrogen and oxygen atoms in total. The average molecular weight is 289 g/mol. The van der Waals surface area contributed by atoms with Crippen LogP contribution in [0.5, 0.6) is 0 Å². The van der Waals surface area contributed by atoms with Crippen molar-refractivity contribution in [2.45, 2.75) is 58.2 Å². The Bertz CT molecular complexity index is 518. The number of nitrogens with zero attached hydrogens (tertiary/aromatic N) is 2. The maximum absolute atomic E-state index is 12.8. The molecular weight excluding hydrogens is 266 g/mol. The fraction of sp³-hybridized carbons (Fsp3) is 0.562. The fourth-order valence-electron chi connectivity index (χ4n) is 2.68. The van der Waals surface area contributed by atoms with E-state index in [1.165, 1.54) is 0 Å². The maximum atomic E-state index is 12.8. The summed E-state index contributed by atoms with van der Waals surface area (Å²) >= 11 is 0. The highest BCUT2D eigenvalue weighted by Gasteiger charge is 2.46. The van der Waals surface area contributed by atoms with Gasteiger partial charge in [-0.3, -0.25) is 14.6 Å². The van der Waals surface area contributed by atoms with E-state index < -0.39 is 5.54 Å². The Morgan fingerprint density at radius 2 is 2.14 bits per heavy atom. The zero-order chi connectivity index (χ0) is 15.5. The molecule has 0 spiro atoms. The Kier molecular flexibility index (Phi) is 4.60. The summed E-state index contributed by atoms with van der Waals surface area (Å²) in [7, 11) is 0. The van der Waals surface area contributed by atoms with Gasteiger partial charge >= 0.3 is 0 Å². The Hall–Kier alpha value is -1.91. The highest BCUT2D eigenvalue weighted by molar-refractivity contribution is 5.99. The highest BCUT2D eigenvalue weighted by Crippen LogP contribution is 2.25. The number of hydrogen-bond acceptors (Lipinski definition) is 3. The minimum atomic E-state index is -0.802. The summed E-state index contributed by atoms with van der Waals surface area (Å²) < 4.78 is 0. The van der Waals surface area contributed by atoms with Gasteiger partial charge in [0, 0.05) is 18.9 Å². The SMILES string of the molecule is CCCC1C(=O)NC(C)(CC)C(=O)N1Cc1cccnc1. The molecule has 2 heterocycles. The van der Waals surface area contributed by atoms with E-state index in [0.717, 1.165) is 12.0 Å². The van der Waals surface area contributed by atoms with Gasteiger partial charge in [0.15, 0.2) is 0 Å². The molecule has 1 aliphatic heterocycles. The minimum Gasteiger partial charge on any atom is -0.340 e. The molecule has 1 aliphatic rings. The van der Waals surface area contributed by atoms with Gasteiger partial charge in [-0.25, -0.2) is 0 Å². The van der Waals surface area contributed by atoms with E-state index in [9.17, 15) is 9.59 Å². The van der Waals surface area contributed by atoms with Crippen molar-refractivity contribution in [3.05, 3.63) is 30.1 Å². The van der Waals surface area contributed by atoms with E-state index >= 15 is 0 Å². The molecule has 0 bridgehead atoms. The third-order valence-corrected chi connectivity index (χ3v) is 4.16. The van der Waals surface area contributed by atoms with Crippen LogP contribution in [0.2, 0.25) is 0 Å². The van der Waals surface area contributed by atoms with Crippen molar-refractivity contribution in [1.29, 1.82) is 0 Å². The van der Waals surface area contributed by atoms with Crippen LogP contribution in [-0.4, -0.2) is 33.3 Å². The molecule has 1 fully saturated rings. The molecule has 0 radical (unpaired) electrons. The van der Waals surface area contributed by atoms with Gasteiger partial charge in [-0.1, -0.05) is 26.3 Å². The molecule has 2 rings (SSSR count). The van der Waals surface area contributed by atoms with Gasteiger partial charge in [-0.05, 0) is 31.4 Å². The summed E-state index contributed by atoms with van der Waals surface area (Å²) in [6.07, 6.45) is 5.56. The lowest BCUT2D eigenvalue weighted by molar-refractivity contribution is -0.155. The monoisotopic (exact) mass is 289 g/mol. The molecule has 1 aromatic rings. The third kappa shape index (κ3) is 3.06. The standard InChI is InChI=1S/C16H23N3O2/c1-4-7-13-14(20)18-16(3,5-2)15(21)19(13)11-12-8-6-9-17-10-12/h6,8-10,13H,4-5,7,11H2,1-3H3,(H,18,20). The van der Waals surface area contributed by atoms with Crippen molar-refractivity contribution < 1.29 is 9.59 Å². The van der Waals surface area contributed by atoms with E-state index in [4.69, 9.17) is 0 Å². The van der Waals surface area contributed by atoms with E-state index in [1.807, 2.05) is 26.0 Å². The first-order chi connectivity index (χ1) is 10.0. The molecule has 2 atom stereocenters. The predicted molar refractivity (Wildman–Crippen MR) is 80.3 cm³/mol. The summed E-state index contributed by atoms with van der Waals surface area (Å²) in [5.74, 6) is -0.0587. The largest absolute Gasteiger partial charge is 0.340 e. The lowest BCUT2D eigenvalue weighted by Crippen LogP contribution is -2.68. The van der Waals surface area contributed by atoms with Crippen LogP contribution in [0.25, 0.3) is 0 Å². The molecule has 0 aromatic carbocycles. The van der Waals surface area contributed by atoms with Crippen LogP contribution in [0.4, 0.5) is 0 Å². The van der Waals surface area contributed by atoms with Gasteiger partial charge < -0.3 is 10.2 Å². The minimum absolute atomic E-state index is 0.00750. The number of aromatic nitrogens is 1. The summed E-state index contributed by atoms with van der Waals surface area (Å²) in [6, 6.07) is 3.39. The first-order valence-corrected chi connectivity index (χ1v) is 7.53. The normalized spacial score (nSPS) is 25.9. The lowest BCUT2D eigenvalue weighted by Gasteiger charge is -2.44. The van der Waals surface area contributed by atoms with Gasteiger partial charge in [0.2, 0.25) is 11.8 Å². The quantitative estimate of drug-likeness (QED) is 0.900. The molecule has 0 saturated carbocycles. The second kappa shape index (κ2) is 6.24. The Labute approximate surface area is 125 Å². The van der Waals surface area contributed by atoms with Gasteiger partial charge in [0.1, 0.15) is 11.6 Å². The summed E-state index contributed by atoms with van der Waals surface area (Å²) in [6.45, 7) is 6.17. The number of carbonyl (C=O) groups is 2. The molecule has 1 saturated heterocycles. The molecule has 0 aliphatic carbocycles. The molecule has 5 heteroatoms. The van der Waals surface area contributed by atoms with Crippen molar-refractivity contribution in [2.24, 2.45) is 0 Å². The van der Waals surface area contributed by atoms with Gasteiger partial charge in [0.05, 0.1) is 0 Å². The van der Waals surface area contributed by atoms with Crippen LogP contribution in [0.1, 0.15) is 45.6 Å². The highest BCUT2D eigenvalue weighted by atomic mass is 16.2. The molecule has 1 N–H and O–H groups in total. The Morgan fingerprint density at radius 3 is 2.71 bits per heavy atom. The van der Waals surface area contributed by atoms with Crippen molar-refractivity contribution in [2.75, 3.05) is 0 Å². The van der Waals surface area contributed by atoms with Crippen molar-refractivity contribution in [3.63, 3.8) is 0 Å².